The number of rotatable bonds is 3. The summed E-state index contributed by atoms with van der Waals surface area (Å²) in [6.07, 6.45) is 0. The molecule has 0 aliphatic rings. The van der Waals surface area contributed by atoms with E-state index in [1.54, 1.807) is 0 Å². The van der Waals surface area contributed by atoms with Gasteiger partial charge in [0, 0.05) is 5.56 Å². The highest BCUT2D eigenvalue weighted by atomic mass is 79.9. The summed E-state index contributed by atoms with van der Waals surface area (Å²) >= 11 is 0. The van der Waals surface area contributed by atoms with Gasteiger partial charge in [-0.25, -0.2) is 0 Å². The standard InChI is InChI=1S/C12H20N.BrH/c1-5-13(3,4)11(2)12-9-7-6-8-10-12;/h6-11H,5H2,1-4H3;1H/q+1;/p-1. The third kappa shape index (κ3) is 3.10. The van der Waals surface area contributed by atoms with Gasteiger partial charge in [0.2, 0.25) is 0 Å². The van der Waals surface area contributed by atoms with Crippen molar-refractivity contribution >= 4 is 0 Å². The van der Waals surface area contributed by atoms with Gasteiger partial charge in [0.25, 0.3) is 0 Å². The highest BCUT2D eigenvalue weighted by Gasteiger charge is 2.22. The van der Waals surface area contributed by atoms with Crippen LogP contribution in [0.15, 0.2) is 30.3 Å². The summed E-state index contributed by atoms with van der Waals surface area (Å²) in [5, 5.41) is 0. The Bertz CT molecular complexity index is 256. The third-order valence-corrected chi connectivity index (χ3v) is 3.15. The maximum Gasteiger partial charge on any atom is 0.111 e. The normalized spacial score (nSPS) is 13.1. The SMILES string of the molecule is CC[N+](C)(C)C(C)c1ccccc1.[Br-]. The van der Waals surface area contributed by atoms with Crippen LogP contribution < -0.4 is 17.0 Å². The Morgan fingerprint density at radius 1 is 1.14 bits per heavy atom. The molecule has 0 aliphatic carbocycles. The first-order valence-electron chi connectivity index (χ1n) is 4.95. The van der Waals surface area contributed by atoms with Gasteiger partial charge < -0.3 is 21.5 Å². The van der Waals surface area contributed by atoms with Gasteiger partial charge in [-0.1, -0.05) is 30.3 Å². The van der Waals surface area contributed by atoms with Gasteiger partial charge in [-0.05, 0) is 13.8 Å². The lowest BCUT2D eigenvalue weighted by Crippen LogP contribution is -3.00. The maximum atomic E-state index is 2.29. The summed E-state index contributed by atoms with van der Waals surface area (Å²) in [6, 6.07) is 11.3. The lowest BCUT2D eigenvalue weighted by atomic mass is 10.1. The predicted octanol–water partition coefficient (Wildman–Crippen LogP) is -0.152. The number of nitrogens with zero attached hydrogens (tertiary/aromatic N) is 1. The van der Waals surface area contributed by atoms with Crippen LogP contribution in [0.2, 0.25) is 0 Å². The van der Waals surface area contributed by atoms with E-state index in [0.717, 1.165) is 11.0 Å². The Morgan fingerprint density at radius 3 is 2.07 bits per heavy atom. The minimum Gasteiger partial charge on any atom is -1.00 e. The van der Waals surface area contributed by atoms with Crippen molar-refractivity contribution in [2.24, 2.45) is 0 Å². The van der Waals surface area contributed by atoms with E-state index in [9.17, 15) is 0 Å². The maximum absolute atomic E-state index is 2.29. The molecule has 1 aromatic rings. The monoisotopic (exact) mass is 257 g/mol. The summed E-state index contributed by atoms with van der Waals surface area (Å²) in [4.78, 5) is 0. The molecule has 1 rings (SSSR count). The molecule has 1 atom stereocenters. The van der Waals surface area contributed by atoms with Gasteiger partial charge in [-0.3, -0.25) is 0 Å². The first-order valence-corrected chi connectivity index (χ1v) is 4.95. The van der Waals surface area contributed by atoms with Crippen molar-refractivity contribution in [1.82, 2.24) is 0 Å². The van der Waals surface area contributed by atoms with Gasteiger partial charge in [0.15, 0.2) is 0 Å². The summed E-state index contributed by atoms with van der Waals surface area (Å²) in [5.74, 6) is 0. The quantitative estimate of drug-likeness (QED) is 0.661. The van der Waals surface area contributed by atoms with Crippen molar-refractivity contribution in [2.75, 3.05) is 20.6 Å². The summed E-state index contributed by atoms with van der Waals surface area (Å²) < 4.78 is 1.05. The molecule has 0 amide bonds. The molecule has 1 nitrogen and oxygen atoms in total. The molecule has 0 aromatic heterocycles. The molecule has 0 fully saturated rings. The number of benzene rings is 1. The van der Waals surface area contributed by atoms with E-state index in [1.165, 1.54) is 5.56 Å². The van der Waals surface area contributed by atoms with Crippen molar-refractivity contribution in [2.45, 2.75) is 19.9 Å². The van der Waals surface area contributed by atoms with E-state index in [4.69, 9.17) is 0 Å². The summed E-state index contributed by atoms with van der Waals surface area (Å²) in [7, 11) is 4.55. The second-order valence-corrected chi connectivity index (χ2v) is 4.18. The fourth-order valence-electron chi connectivity index (χ4n) is 1.41. The highest BCUT2D eigenvalue weighted by Crippen LogP contribution is 2.23. The molecule has 0 aliphatic heterocycles. The minimum absolute atomic E-state index is 0. The number of quaternary nitrogens is 1. The van der Waals surface area contributed by atoms with Crippen LogP contribution in [0.5, 0.6) is 0 Å². The Balaban J connectivity index is 0.00000169. The van der Waals surface area contributed by atoms with Crippen molar-refractivity contribution in [1.29, 1.82) is 0 Å². The van der Waals surface area contributed by atoms with E-state index < -0.39 is 0 Å². The van der Waals surface area contributed by atoms with E-state index >= 15 is 0 Å². The largest absolute Gasteiger partial charge is 1.00 e. The van der Waals surface area contributed by atoms with E-state index in [1.807, 2.05) is 0 Å². The van der Waals surface area contributed by atoms with E-state index in [2.05, 4.69) is 58.3 Å². The average molecular weight is 258 g/mol. The molecule has 0 bridgehead atoms. The Hall–Kier alpha value is -0.340. The van der Waals surface area contributed by atoms with Gasteiger partial charge in [0.05, 0.1) is 20.6 Å². The Kier molecular flexibility index (Phi) is 5.38. The molecule has 0 saturated carbocycles. The van der Waals surface area contributed by atoms with Gasteiger partial charge >= 0.3 is 0 Å². The van der Waals surface area contributed by atoms with Crippen LogP contribution in [0.3, 0.4) is 0 Å². The predicted molar refractivity (Wildman–Crippen MR) is 57.5 cm³/mol. The van der Waals surface area contributed by atoms with Crippen LogP contribution in [0.4, 0.5) is 0 Å². The van der Waals surface area contributed by atoms with Crippen molar-refractivity contribution in [3.05, 3.63) is 35.9 Å². The molecule has 14 heavy (non-hydrogen) atoms. The van der Waals surface area contributed by atoms with Gasteiger partial charge in [-0.15, -0.1) is 0 Å². The second-order valence-electron chi connectivity index (χ2n) is 4.18. The molecule has 1 aromatic carbocycles. The van der Waals surface area contributed by atoms with Crippen LogP contribution >= 0.6 is 0 Å². The zero-order chi connectivity index (χ0) is 9.90. The lowest BCUT2D eigenvalue weighted by Gasteiger charge is -2.35. The van der Waals surface area contributed by atoms with Crippen LogP contribution in [0.1, 0.15) is 25.5 Å². The molecule has 1 unspecified atom stereocenters. The third-order valence-electron chi connectivity index (χ3n) is 3.15. The van der Waals surface area contributed by atoms with Gasteiger partial charge in [0.1, 0.15) is 6.04 Å². The first kappa shape index (κ1) is 13.7. The molecule has 0 heterocycles. The molecule has 0 N–H and O–H groups in total. The molecule has 80 valence electrons. The molecular formula is C12H20BrN. The van der Waals surface area contributed by atoms with Crippen LogP contribution in [0, 0.1) is 0 Å². The zero-order valence-corrected chi connectivity index (χ0v) is 11.1. The van der Waals surface area contributed by atoms with Crippen LogP contribution in [-0.4, -0.2) is 25.1 Å². The number of halogens is 1. The summed E-state index contributed by atoms with van der Waals surface area (Å²) in [5.41, 5.74) is 1.43. The first-order chi connectivity index (χ1) is 6.08. The second kappa shape index (κ2) is 5.52. The van der Waals surface area contributed by atoms with E-state index in [0.29, 0.717) is 6.04 Å². The van der Waals surface area contributed by atoms with Crippen molar-refractivity contribution in [3.63, 3.8) is 0 Å². The van der Waals surface area contributed by atoms with Crippen molar-refractivity contribution in [3.8, 4) is 0 Å². The van der Waals surface area contributed by atoms with Crippen LogP contribution in [0.25, 0.3) is 0 Å². The smallest absolute Gasteiger partial charge is 0.111 e. The topological polar surface area (TPSA) is 0 Å². The number of hydrogen-bond donors (Lipinski definition) is 0. The Labute approximate surface area is 98.1 Å². The molecular weight excluding hydrogens is 238 g/mol. The zero-order valence-electron chi connectivity index (χ0n) is 9.50. The van der Waals surface area contributed by atoms with Gasteiger partial charge in [-0.2, -0.15) is 0 Å². The lowest BCUT2D eigenvalue weighted by molar-refractivity contribution is -0.917. The Morgan fingerprint density at radius 2 is 1.64 bits per heavy atom. The summed E-state index contributed by atoms with van der Waals surface area (Å²) in [6.45, 7) is 5.69. The highest BCUT2D eigenvalue weighted by molar-refractivity contribution is 5.16. The molecule has 0 spiro atoms. The average Bonchev–Trinajstić information content (AvgIpc) is 2.18. The fraction of sp³-hybridized carbons (Fsp3) is 0.500. The molecule has 2 heteroatoms. The van der Waals surface area contributed by atoms with Crippen LogP contribution in [-0.2, 0) is 0 Å². The van der Waals surface area contributed by atoms with E-state index in [-0.39, 0.29) is 17.0 Å². The number of hydrogen-bond acceptors (Lipinski definition) is 0. The van der Waals surface area contributed by atoms with Crippen molar-refractivity contribution < 1.29 is 21.5 Å². The molecule has 0 radical (unpaired) electrons. The fourth-order valence-corrected chi connectivity index (χ4v) is 1.41. The minimum atomic E-state index is 0. The molecule has 0 saturated heterocycles.